The van der Waals surface area contributed by atoms with Crippen LogP contribution < -0.4 is 0 Å². The Hall–Kier alpha value is -6.51. The topological polar surface area (TPSA) is 17.8 Å². The Morgan fingerprint density at radius 1 is 0.436 bits per heavy atom. The molecule has 9 aromatic rings. The van der Waals surface area contributed by atoms with Crippen molar-refractivity contribution in [3.63, 3.8) is 0 Å². The molecule has 55 heavy (non-hydrogen) atoms. The van der Waals surface area contributed by atoms with Gasteiger partial charge in [-0.2, -0.15) is 0 Å². The monoisotopic (exact) mass is 704 g/mol. The highest BCUT2D eigenvalue weighted by atomic mass is 15.0. The van der Waals surface area contributed by atoms with E-state index in [1.165, 1.54) is 71.9 Å². The van der Waals surface area contributed by atoms with Crippen molar-refractivity contribution in [3.05, 3.63) is 192 Å². The van der Waals surface area contributed by atoms with Crippen molar-refractivity contribution < 1.29 is 0 Å². The standard InChI is InChI=1S/C53H40N2/c1-52(2)41-24-14-11-21-38(41)46-47-40-23-13-16-26-45(40)55(51(47)48-39-22-12-15-25-42(39)53(3,4)50(48)49(46)52)37-29-27-35(28-30-37)44-32-36(33-17-7-5-8-18-33)31-43(54-44)34-19-9-6-10-20-34/h5-32H,1-4H3. The molecule has 0 saturated heterocycles. The molecule has 2 heterocycles. The van der Waals surface area contributed by atoms with Crippen LogP contribution in [-0.4, -0.2) is 9.55 Å². The molecule has 11 rings (SSSR count). The summed E-state index contributed by atoms with van der Waals surface area (Å²) in [5.74, 6) is 0. The van der Waals surface area contributed by atoms with E-state index in [1.54, 1.807) is 0 Å². The summed E-state index contributed by atoms with van der Waals surface area (Å²) < 4.78 is 2.54. The molecule has 0 amide bonds. The number of nitrogens with zero attached hydrogens (tertiary/aromatic N) is 2. The average Bonchev–Trinajstić information content (AvgIpc) is 3.78. The summed E-state index contributed by atoms with van der Waals surface area (Å²) in [7, 11) is 0. The summed E-state index contributed by atoms with van der Waals surface area (Å²) >= 11 is 0. The molecule has 0 unspecified atom stereocenters. The van der Waals surface area contributed by atoms with Crippen molar-refractivity contribution in [1.82, 2.24) is 9.55 Å². The smallest absolute Gasteiger partial charge is 0.0715 e. The van der Waals surface area contributed by atoms with E-state index in [1.807, 2.05) is 0 Å². The minimum Gasteiger partial charge on any atom is -0.309 e. The van der Waals surface area contributed by atoms with E-state index in [0.29, 0.717) is 0 Å². The minimum atomic E-state index is -0.166. The lowest BCUT2D eigenvalue weighted by Gasteiger charge is -2.31. The van der Waals surface area contributed by atoms with Crippen molar-refractivity contribution in [2.75, 3.05) is 0 Å². The van der Waals surface area contributed by atoms with Gasteiger partial charge in [0.1, 0.15) is 0 Å². The molecule has 0 N–H and O–H groups in total. The zero-order valence-electron chi connectivity index (χ0n) is 31.6. The Kier molecular flexibility index (Phi) is 6.68. The van der Waals surface area contributed by atoms with Gasteiger partial charge in [0.25, 0.3) is 0 Å². The van der Waals surface area contributed by atoms with Crippen LogP contribution in [-0.2, 0) is 10.8 Å². The fourth-order valence-electron chi connectivity index (χ4n) is 10.0. The second-order valence-corrected chi connectivity index (χ2v) is 16.3. The summed E-state index contributed by atoms with van der Waals surface area (Å²) in [5.41, 5.74) is 21.1. The molecule has 7 aromatic carbocycles. The molecule has 262 valence electrons. The summed E-state index contributed by atoms with van der Waals surface area (Å²) in [5, 5.41) is 2.64. The molecule has 2 aromatic heterocycles. The van der Waals surface area contributed by atoms with Crippen LogP contribution in [0.15, 0.2) is 170 Å². The Balaban J connectivity index is 1.19. The van der Waals surface area contributed by atoms with Crippen LogP contribution >= 0.6 is 0 Å². The highest BCUT2D eigenvalue weighted by Gasteiger charge is 2.48. The van der Waals surface area contributed by atoms with E-state index >= 15 is 0 Å². The van der Waals surface area contributed by atoms with Crippen molar-refractivity contribution in [3.8, 4) is 61.6 Å². The first-order valence-electron chi connectivity index (χ1n) is 19.4. The van der Waals surface area contributed by atoms with Gasteiger partial charge in [0.15, 0.2) is 0 Å². The molecule has 0 bridgehead atoms. The maximum atomic E-state index is 5.25. The maximum absolute atomic E-state index is 5.25. The molecular formula is C53H40N2. The number of benzene rings is 7. The molecule has 0 spiro atoms. The third-order valence-corrected chi connectivity index (χ3v) is 12.5. The van der Waals surface area contributed by atoms with E-state index in [9.17, 15) is 0 Å². The summed E-state index contributed by atoms with van der Waals surface area (Å²) in [4.78, 5) is 5.25. The van der Waals surface area contributed by atoms with E-state index in [2.05, 4.69) is 202 Å². The Bertz CT molecular complexity index is 2940. The first-order valence-corrected chi connectivity index (χ1v) is 19.4. The van der Waals surface area contributed by atoms with Gasteiger partial charge >= 0.3 is 0 Å². The summed E-state index contributed by atoms with van der Waals surface area (Å²) in [6, 6.07) is 61.9. The number of hydrogen-bond acceptors (Lipinski definition) is 1. The fraction of sp³-hybridized carbons (Fsp3) is 0.113. The van der Waals surface area contributed by atoms with Gasteiger partial charge in [-0.15, -0.1) is 0 Å². The normalized spacial score (nSPS) is 14.5. The van der Waals surface area contributed by atoms with Gasteiger partial charge in [0.2, 0.25) is 0 Å². The number of aromatic nitrogens is 2. The van der Waals surface area contributed by atoms with Gasteiger partial charge < -0.3 is 4.57 Å². The molecule has 2 nitrogen and oxygen atoms in total. The third kappa shape index (κ3) is 4.46. The zero-order chi connectivity index (χ0) is 37.1. The second kappa shape index (κ2) is 11.5. The molecule has 2 aliphatic carbocycles. The minimum absolute atomic E-state index is 0.145. The molecule has 2 aliphatic rings. The lowest BCUT2D eigenvalue weighted by Crippen LogP contribution is -2.24. The zero-order valence-corrected chi connectivity index (χ0v) is 31.6. The Morgan fingerprint density at radius 3 is 1.56 bits per heavy atom. The predicted octanol–water partition coefficient (Wildman–Crippen LogP) is 13.8. The molecule has 0 fully saturated rings. The van der Waals surface area contributed by atoms with Gasteiger partial charge in [-0.05, 0) is 80.4 Å². The SMILES string of the molecule is CC1(C)c2ccccc2-c2c1c1c(c3c2c2ccccc2n3-c2ccc(-c3cc(-c4ccccc4)cc(-c4ccccc4)n3)cc2)-c2ccccc2C1(C)C. The van der Waals surface area contributed by atoms with Crippen molar-refractivity contribution >= 4 is 21.8 Å². The van der Waals surface area contributed by atoms with Crippen LogP contribution in [0.1, 0.15) is 49.9 Å². The number of para-hydroxylation sites is 1. The van der Waals surface area contributed by atoms with E-state index in [0.717, 1.165) is 33.8 Å². The molecule has 0 radical (unpaired) electrons. The first kappa shape index (κ1) is 32.0. The quantitative estimate of drug-likeness (QED) is 0.178. The van der Waals surface area contributed by atoms with Gasteiger partial charge in [-0.1, -0.05) is 167 Å². The van der Waals surface area contributed by atoms with Crippen LogP contribution in [0.2, 0.25) is 0 Å². The highest BCUT2D eigenvalue weighted by molar-refractivity contribution is 6.23. The first-order chi connectivity index (χ1) is 26.8. The molecule has 0 saturated carbocycles. The van der Waals surface area contributed by atoms with Crippen LogP contribution in [0.4, 0.5) is 0 Å². The lowest BCUT2D eigenvalue weighted by atomic mass is 9.72. The number of rotatable bonds is 4. The van der Waals surface area contributed by atoms with E-state index in [-0.39, 0.29) is 10.8 Å². The van der Waals surface area contributed by atoms with E-state index in [4.69, 9.17) is 4.98 Å². The van der Waals surface area contributed by atoms with Crippen LogP contribution in [0.3, 0.4) is 0 Å². The number of hydrogen-bond donors (Lipinski definition) is 0. The molecule has 0 atom stereocenters. The van der Waals surface area contributed by atoms with Crippen molar-refractivity contribution in [2.24, 2.45) is 0 Å². The highest BCUT2D eigenvalue weighted by Crippen LogP contribution is 2.63. The predicted molar refractivity (Wildman–Crippen MR) is 230 cm³/mol. The molecule has 0 aliphatic heterocycles. The van der Waals surface area contributed by atoms with Crippen LogP contribution in [0.5, 0.6) is 0 Å². The second-order valence-electron chi connectivity index (χ2n) is 16.3. The molecule has 2 heteroatoms. The largest absolute Gasteiger partial charge is 0.309 e. The van der Waals surface area contributed by atoms with Crippen molar-refractivity contribution in [2.45, 2.75) is 38.5 Å². The maximum Gasteiger partial charge on any atom is 0.0715 e. The third-order valence-electron chi connectivity index (χ3n) is 12.5. The molecular weight excluding hydrogens is 665 g/mol. The van der Waals surface area contributed by atoms with Gasteiger partial charge in [-0.3, -0.25) is 0 Å². The fourth-order valence-corrected chi connectivity index (χ4v) is 10.0. The average molecular weight is 705 g/mol. The Morgan fingerprint density at radius 2 is 0.927 bits per heavy atom. The van der Waals surface area contributed by atoms with E-state index < -0.39 is 0 Å². The van der Waals surface area contributed by atoms with Crippen LogP contribution in [0.25, 0.3) is 83.4 Å². The van der Waals surface area contributed by atoms with Gasteiger partial charge in [0, 0.05) is 44.0 Å². The van der Waals surface area contributed by atoms with Crippen LogP contribution in [0, 0.1) is 0 Å². The lowest BCUT2D eigenvalue weighted by molar-refractivity contribution is 0.602. The van der Waals surface area contributed by atoms with Crippen molar-refractivity contribution in [1.29, 1.82) is 0 Å². The van der Waals surface area contributed by atoms with Gasteiger partial charge in [-0.25, -0.2) is 4.98 Å². The Labute approximate surface area is 322 Å². The number of fused-ring (bicyclic) bond motifs is 12. The van der Waals surface area contributed by atoms with Gasteiger partial charge in [0.05, 0.1) is 22.4 Å². The summed E-state index contributed by atoms with van der Waals surface area (Å²) in [6.45, 7) is 9.74. The number of pyridine rings is 1. The summed E-state index contributed by atoms with van der Waals surface area (Å²) in [6.07, 6.45) is 0.